The average Bonchev–Trinajstić information content (AvgIpc) is 3.18. The first kappa shape index (κ1) is 20.1. The number of hydrogen-bond acceptors (Lipinski definition) is 0. The largest absolute Gasteiger partial charge is 1.00 e. The Morgan fingerprint density at radius 2 is 1.12 bits per heavy atom. The monoisotopic (exact) mass is 450 g/mol. The lowest BCUT2D eigenvalue weighted by atomic mass is 10.1. The number of imidazole rings is 2. The van der Waals surface area contributed by atoms with Gasteiger partial charge in [-0.2, -0.15) is 0 Å². The molecule has 6 heteroatoms. The van der Waals surface area contributed by atoms with Crippen LogP contribution in [0.1, 0.15) is 11.1 Å². The van der Waals surface area contributed by atoms with Crippen LogP contribution in [0, 0.1) is 0 Å². The number of rotatable bonds is 6. The first-order valence-electron chi connectivity index (χ1n) is 7.23. The lowest BCUT2D eigenvalue weighted by Crippen LogP contribution is -3.00. The third kappa shape index (κ3) is 5.04. The fraction of sp³-hybridized carbons (Fsp3) is 0.111. The van der Waals surface area contributed by atoms with Crippen LogP contribution in [-0.4, -0.2) is 9.13 Å². The van der Waals surface area contributed by atoms with Gasteiger partial charge in [-0.1, -0.05) is 37.4 Å². The van der Waals surface area contributed by atoms with Crippen molar-refractivity contribution in [1.82, 2.24) is 9.13 Å². The summed E-state index contributed by atoms with van der Waals surface area (Å²) in [6, 6.07) is 8.72. The normalized spacial score (nSPS) is 9.67. The van der Waals surface area contributed by atoms with Crippen LogP contribution in [0.5, 0.6) is 0 Å². The molecule has 0 saturated heterocycles. The van der Waals surface area contributed by atoms with Crippen LogP contribution in [-0.2, 0) is 13.1 Å². The maximum atomic E-state index is 3.75. The summed E-state index contributed by atoms with van der Waals surface area (Å²) in [5.74, 6) is 0. The molecular formula is C18H20Br2N4. The van der Waals surface area contributed by atoms with Crippen LogP contribution in [0.2, 0.25) is 0 Å². The number of nitrogens with zero attached hydrogens (tertiary/aromatic N) is 4. The quantitative estimate of drug-likeness (QED) is 0.342. The van der Waals surface area contributed by atoms with E-state index in [1.807, 2.05) is 46.6 Å². The van der Waals surface area contributed by atoms with Gasteiger partial charge in [0.2, 0.25) is 12.7 Å². The second-order valence-electron chi connectivity index (χ2n) is 5.25. The van der Waals surface area contributed by atoms with Crippen molar-refractivity contribution in [3.63, 3.8) is 0 Å². The van der Waals surface area contributed by atoms with Crippen molar-refractivity contribution in [2.75, 3.05) is 0 Å². The van der Waals surface area contributed by atoms with E-state index in [2.05, 4.69) is 46.6 Å². The number of aromatic nitrogens is 4. The molecule has 3 aromatic rings. The lowest BCUT2D eigenvalue weighted by Gasteiger charge is -2.01. The molecule has 0 aliphatic carbocycles. The van der Waals surface area contributed by atoms with Crippen molar-refractivity contribution in [2.45, 2.75) is 13.1 Å². The van der Waals surface area contributed by atoms with Crippen LogP contribution in [0.15, 0.2) is 74.9 Å². The fourth-order valence-electron chi connectivity index (χ4n) is 2.40. The maximum absolute atomic E-state index is 3.75. The molecule has 4 nitrogen and oxygen atoms in total. The van der Waals surface area contributed by atoms with Gasteiger partial charge in [-0.05, 0) is 11.1 Å². The van der Waals surface area contributed by atoms with Crippen LogP contribution >= 0.6 is 0 Å². The Bertz CT molecular complexity index is 720. The molecule has 0 unspecified atom stereocenters. The number of halogens is 2. The Balaban J connectivity index is 0.00000144. The summed E-state index contributed by atoms with van der Waals surface area (Å²) in [4.78, 5) is 0. The van der Waals surface area contributed by atoms with Gasteiger partial charge >= 0.3 is 0 Å². The van der Waals surface area contributed by atoms with Crippen LogP contribution in [0.3, 0.4) is 0 Å². The molecule has 2 heterocycles. The molecule has 0 amide bonds. The van der Waals surface area contributed by atoms with Crippen molar-refractivity contribution in [3.8, 4) is 0 Å². The van der Waals surface area contributed by atoms with Gasteiger partial charge in [0.05, 0.1) is 12.4 Å². The van der Waals surface area contributed by atoms with Gasteiger partial charge in [0.15, 0.2) is 0 Å². The van der Waals surface area contributed by atoms with Gasteiger partial charge in [-0.15, -0.1) is 0 Å². The van der Waals surface area contributed by atoms with Crippen molar-refractivity contribution in [1.29, 1.82) is 0 Å². The van der Waals surface area contributed by atoms with E-state index in [0.29, 0.717) is 0 Å². The molecule has 0 aliphatic heterocycles. The molecule has 0 atom stereocenters. The predicted molar refractivity (Wildman–Crippen MR) is 86.7 cm³/mol. The van der Waals surface area contributed by atoms with Gasteiger partial charge < -0.3 is 34.0 Å². The van der Waals surface area contributed by atoms with Gasteiger partial charge in [-0.25, -0.2) is 18.3 Å². The van der Waals surface area contributed by atoms with Gasteiger partial charge in [-0.3, -0.25) is 0 Å². The molecule has 0 bridgehead atoms. The Labute approximate surface area is 163 Å². The Kier molecular flexibility index (Phi) is 7.88. The highest BCUT2D eigenvalue weighted by Gasteiger charge is 2.05. The highest BCUT2D eigenvalue weighted by molar-refractivity contribution is 5.21. The third-order valence-corrected chi connectivity index (χ3v) is 3.60. The number of benzene rings is 1. The highest BCUT2D eigenvalue weighted by Crippen LogP contribution is 2.04. The predicted octanol–water partition coefficient (Wildman–Crippen LogP) is -3.83. The third-order valence-electron chi connectivity index (χ3n) is 3.60. The van der Waals surface area contributed by atoms with Gasteiger partial charge in [0, 0.05) is 0 Å². The Hall–Kier alpha value is -1.92. The minimum atomic E-state index is 0. The van der Waals surface area contributed by atoms with E-state index in [-0.39, 0.29) is 34.0 Å². The summed E-state index contributed by atoms with van der Waals surface area (Å²) in [5, 5.41) is 0. The zero-order valence-corrected chi connectivity index (χ0v) is 16.5. The molecule has 126 valence electrons. The van der Waals surface area contributed by atoms with E-state index in [1.165, 1.54) is 11.1 Å². The topological polar surface area (TPSA) is 17.6 Å². The maximum Gasteiger partial charge on any atom is 0.248 e. The second-order valence-corrected chi connectivity index (χ2v) is 5.25. The first-order chi connectivity index (χ1) is 10.8. The van der Waals surface area contributed by atoms with E-state index >= 15 is 0 Å². The lowest BCUT2D eigenvalue weighted by molar-refractivity contribution is -0.688. The average molecular weight is 452 g/mol. The summed E-state index contributed by atoms with van der Waals surface area (Å²) in [5.41, 5.74) is 2.56. The molecule has 0 spiro atoms. The molecule has 0 N–H and O–H groups in total. The molecule has 2 aromatic heterocycles. The van der Waals surface area contributed by atoms with Crippen LogP contribution < -0.4 is 43.1 Å². The van der Waals surface area contributed by atoms with Crippen LogP contribution in [0.25, 0.3) is 12.4 Å². The van der Waals surface area contributed by atoms with E-state index in [9.17, 15) is 0 Å². The van der Waals surface area contributed by atoms with E-state index < -0.39 is 0 Å². The van der Waals surface area contributed by atoms with Crippen molar-refractivity contribution >= 4 is 12.4 Å². The molecular weight excluding hydrogens is 432 g/mol. The molecule has 0 radical (unpaired) electrons. The van der Waals surface area contributed by atoms with Crippen molar-refractivity contribution in [2.24, 2.45) is 0 Å². The molecule has 0 fully saturated rings. The summed E-state index contributed by atoms with van der Waals surface area (Å²) >= 11 is 0. The molecule has 0 saturated carbocycles. The van der Waals surface area contributed by atoms with Crippen LogP contribution in [0.4, 0.5) is 0 Å². The number of hydrogen-bond donors (Lipinski definition) is 0. The van der Waals surface area contributed by atoms with Crippen molar-refractivity contribution < 1.29 is 43.1 Å². The van der Waals surface area contributed by atoms with E-state index in [4.69, 9.17) is 0 Å². The standard InChI is InChI=1S/C18H20N4.2BrH/c1-3-19-9-11-21(15-19)13-17-5-7-18(8-6-17)14-22-12-10-20(4-2)16-22;;/h3-12,15-16H,1-2,13-14H2;2*1H/q+2;;/p-2. The molecule has 1 aromatic carbocycles. The van der Waals surface area contributed by atoms with Gasteiger partial charge in [0.25, 0.3) is 0 Å². The minimum absolute atomic E-state index is 0. The minimum Gasteiger partial charge on any atom is -1.00 e. The molecule has 24 heavy (non-hydrogen) atoms. The highest BCUT2D eigenvalue weighted by atomic mass is 79.9. The fourth-order valence-corrected chi connectivity index (χ4v) is 2.40. The summed E-state index contributed by atoms with van der Waals surface area (Å²) in [6.45, 7) is 9.22. The Morgan fingerprint density at radius 1 is 0.750 bits per heavy atom. The Morgan fingerprint density at radius 3 is 1.42 bits per heavy atom. The molecule has 3 rings (SSSR count). The second kappa shape index (κ2) is 9.39. The van der Waals surface area contributed by atoms with Gasteiger partial charge in [0.1, 0.15) is 37.9 Å². The zero-order chi connectivity index (χ0) is 15.4. The first-order valence-corrected chi connectivity index (χ1v) is 7.23. The zero-order valence-electron chi connectivity index (χ0n) is 13.3. The summed E-state index contributed by atoms with van der Waals surface area (Å²) in [7, 11) is 0. The van der Waals surface area contributed by atoms with Crippen molar-refractivity contribution in [3.05, 3.63) is 86.0 Å². The SMILES string of the molecule is C=Cn1cc[n+](Cc2ccc(C[n+]3ccn(C=C)c3)cc2)c1.[Br-].[Br-]. The summed E-state index contributed by atoms with van der Waals surface area (Å²) in [6.07, 6.45) is 15.7. The smallest absolute Gasteiger partial charge is 0.248 e. The molecule has 0 aliphatic rings. The van der Waals surface area contributed by atoms with E-state index in [0.717, 1.165) is 13.1 Å². The van der Waals surface area contributed by atoms with E-state index in [1.54, 1.807) is 12.4 Å². The summed E-state index contributed by atoms with van der Waals surface area (Å²) < 4.78 is 8.15.